The first-order valence-corrected chi connectivity index (χ1v) is 7.42. The van der Waals surface area contributed by atoms with Crippen LogP contribution >= 0.6 is 11.3 Å². The van der Waals surface area contributed by atoms with Crippen LogP contribution in [0.1, 0.15) is 26.5 Å². The van der Waals surface area contributed by atoms with Crippen molar-refractivity contribution in [1.29, 1.82) is 0 Å². The van der Waals surface area contributed by atoms with E-state index in [0.717, 1.165) is 15.8 Å². The van der Waals surface area contributed by atoms with E-state index in [-0.39, 0.29) is 5.91 Å². The molecule has 0 saturated carbocycles. The molecule has 2 aromatic heterocycles. The Morgan fingerprint density at radius 1 is 1.30 bits per heavy atom. The first-order valence-electron chi connectivity index (χ1n) is 6.54. The van der Waals surface area contributed by atoms with Crippen LogP contribution in [-0.2, 0) is 6.54 Å². The van der Waals surface area contributed by atoms with Crippen molar-refractivity contribution in [3.05, 3.63) is 57.4 Å². The fourth-order valence-corrected chi connectivity index (χ4v) is 3.04. The number of amides is 1. The van der Waals surface area contributed by atoms with Gasteiger partial charge in [-0.25, -0.2) is 0 Å². The molecule has 0 fully saturated rings. The van der Waals surface area contributed by atoms with Gasteiger partial charge in [0.1, 0.15) is 5.69 Å². The second-order valence-corrected chi connectivity index (χ2v) is 6.02. The Bertz CT molecular complexity index is 756. The summed E-state index contributed by atoms with van der Waals surface area (Å²) in [4.78, 5) is 16.5. The van der Waals surface area contributed by atoms with Gasteiger partial charge in [0.05, 0.1) is 6.54 Å². The lowest BCUT2D eigenvalue weighted by molar-refractivity contribution is 0.0947. The van der Waals surface area contributed by atoms with E-state index in [9.17, 15) is 4.79 Å². The van der Waals surface area contributed by atoms with Crippen LogP contribution in [0.4, 0.5) is 0 Å². The van der Waals surface area contributed by atoms with Crippen molar-refractivity contribution < 1.29 is 4.79 Å². The van der Waals surface area contributed by atoms with E-state index in [1.807, 2.05) is 23.6 Å². The van der Waals surface area contributed by atoms with Crippen LogP contribution in [-0.4, -0.2) is 10.9 Å². The number of carbonyl (C=O) groups is 1. The van der Waals surface area contributed by atoms with Crippen molar-refractivity contribution in [2.75, 3.05) is 0 Å². The predicted molar refractivity (Wildman–Crippen MR) is 83.3 cm³/mol. The Balaban J connectivity index is 1.83. The molecule has 3 rings (SSSR count). The van der Waals surface area contributed by atoms with Crippen molar-refractivity contribution in [3.8, 4) is 0 Å². The average molecular weight is 284 g/mol. The molecule has 20 heavy (non-hydrogen) atoms. The summed E-state index contributed by atoms with van der Waals surface area (Å²) in [7, 11) is 0. The highest BCUT2D eigenvalue weighted by molar-refractivity contribution is 7.09. The van der Waals surface area contributed by atoms with Crippen LogP contribution in [0.2, 0.25) is 0 Å². The Kier molecular flexibility index (Phi) is 3.32. The van der Waals surface area contributed by atoms with Gasteiger partial charge in [0.25, 0.3) is 5.91 Å². The number of benzene rings is 1. The van der Waals surface area contributed by atoms with E-state index in [1.165, 1.54) is 11.1 Å². The van der Waals surface area contributed by atoms with Crippen LogP contribution in [0.15, 0.2) is 35.7 Å². The molecule has 0 bridgehead atoms. The van der Waals surface area contributed by atoms with Gasteiger partial charge in [-0.1, -0.05) is 12.1 Å². The minimum absolute atomic E-state index is 0.0633. The fourth-order valence-electron chi connectivity index (χ4n) is 2.40. The van der Waals surface area contributed by atoms with Gasteiger partial charge in [-0.2, -0.15) is 0 Å². The maximum Gasteiger partial charge on any atom is 0.268 e. The number of fused-ring (bicyclic) bond motifs is 1. The van der Waals surface area contributed by atoms with Crippen molar-refractivity contribution in [1.82, 2.24) is 10.3 Å². The van der Waals surface area contributed by atoms with Crippen LogP contribution in [0.25, 0.3) is 10.9 Å². The molecule has 1 aromatic carbocycles. The number of hydrogen-bond acceptors (Lipinski definition) is 2. The van der Waals surface area contributed by atoms with E-state index < -0.39 is 0 Å². The highest BCUT2D eigenvalue weighted by Gasteiger charge is 2.11. The molecule has 3 aromatic rings. The zero-order valence-electron chi connectivity index (χ0n) is 11.5. The Labute approximate surface area is 121 Å². The summed E-state index contributed by atoms with van der Waals surface area (Å²) in [6.07, 6.45) is 0. The molecule has 2 N–H and O–H groups in total. The van der Waals surface area contributed by atoms with Gasteiger partial charge in [0.2, 0.25) is 0 Å². The molecule has 0 aliphatic rings. The molecule has 1 amide bonds. The summed E-state index contributed by atoms with van der Waals surface area (Å²) in [6.45, 7) is 4.70. The maximum absolute atomic E-state index is 12.2. The third-order valence-corrected chi connectivity index (χ3v) is 4.21. The Morgan fingerprint density at radius 3 is 2.90 bits per heavy atom. The number of nitrogens with one attached hydrogen (secondary N) is 2. The van der Waals surface area contributed by atoms with E-state index in [2.05, 4.69) is 36.3 Å². The lowest BCUT2D eigenvalue weighted by Crippen LogP contribution is -2.22. The molecule has 0 unspecified atom stereocenters. The number of rotatable bonds is 3. The topological polar surface area (TPSA) is 44.9 Å². The number of aromatic amines is 1. The first-order chi connectivity index (χ1) is 9.63. The van der Waals surface area contributed by atoms with Gasteiger partial charge in [-0.15, -0.1) is 11.3 Å². The molecular formula is C16H16N2OS. The van der Waals surface area contributed by atoms with Gasteiger partial charge >= 0.3 is 0 Å². The van der Waals surface area contributed by atoms with Crippen molar-refractivity contribution >= 4 is 28.1 Å². The van der Waals surface area contributed by atoms with E-state index in [0.29, 0.717) is 12.2 Å². The molecule has 0 spiro atoms. The van der Waals surface area contributed by atoms with E-state index in [4.69, 9.17) is 0 Å². The smallest absolute Gasteiger partial charge is 0.268 e. The van der Waals surface area contributed by atoms with Gasteiger partial charge in [0, 0.05) is 15.8 Å². The standard InChI is InChI=1S/C16H16N2OS/c1-10-6-11(2)13-8-15(18-14(13)7-10)16(19)17-9-12-4-3-5-20-12/h3-8,18H,9H2,1-2H3,(H,17,19). The third kappa shape index (κ3) is 2.47. The fraction of sp³-hybridized carbons (Fsp3) is 0.188. The number of H-pyrrole nitrogens is 1. The normalized spacial score (nSPS) is 10.9. The van der Waals surface area contributed by atoms with Crippen LogP contribution in [0, 0.1) is 13.8 Å². The lowest BCUT2D eigenvalue weighted by atomic mass is 10.1. The molecule has 0 radical (unpaired) electrons. The highest BCUT2D eigenvalue weighted by Crippen LogP contribution is 2.21. The highest BCUT2D eigenvalue weighted by atomic mass is 32.1. The molecule has 0 aliphatic heterocycles. The Hall–Kier alpha value is -2.07. The maximum atomic E-state index is 12.2. The molecular weight excluding hydrogens is 268 g/mol. The SMILES string of the molecule is Cc1cc(C)c2cc(C(=O)NCc3cccs3)[nH]c2c1. The molecule has 102 valence electrons. The third-order valence-electron chi connectivity index (χ3n) is 3.34. The van der Waals surface area contributed by atoms with Crippen LogP contribution < -0.4 is 5.32 Å². The predicted octanol–water partition coefficient (Wildman–Crippen LogP) is 3.78. The van der Waals surface area contributed by atoms with E-state index in [1.54, 1.807) is 11.3 Å². The quantitative estimate of drug-likeness (QED) is 0.755. The summed E-state index contributed by atoms with van der Waals surface area (Å²) >= 11 is 1.64. The minimum atomic E-state index is -0.0633. The van der Waals surface area contributed by atoms with Crippen molar-refractivity contribution in [3.63, 3.8) is 0 Å². The van der Waals surface area contributed by atoms with Gasteiger partial charge in [0.15, 0.2) is 0 Å². The second-order valence-electron chi connectivity index (χ2n) is 4.99. The molecule has 0 aliphatic carbocycles. The molecule has 0 saturated heterocycles. The summed E-state index contributed by atoms with van der Waals surface area (Å²) in [6, 6.07) is 10.1. The number of aromatic nitrogens is 1. The number of thiophene rings is 1. The van der Waals surface area contributed by atoms with Gasteiger partial charge < -0.3 is 10.3 Å². The van der Waals surface area contributed by atoms with Crippen molar-refractivity contribution in [2.45, 2.75) is 20.4 Å². The largest absolute Gasteiger partial charge is 0.351 e. The van der Waals surface area contributed by atoms with Crippen LogP contribution in [0.5, 0.6) is 0 Å². The number of aryl methyl sites for hydroxylation is 2. The van der Waals surface area contributed by atoms with Gasteiger partial charge in [-0.3, -0.25) is 4.79 Å². The summed E-state index contributed by atoms with van der Waals surface area (Å²) in [5.74, 6) is -0.0633. The van der Waals surface area contributed by atoms with Crippen molar-refractivity contribution in [2.24, 2.45) is 0 Å². The summed E-state index contributed by atoms with van der Waals surface area (Å²) in [5.41, 5.74) is 4.02. The second kappa shape index (κ2) is 5.13. The molecule has 3 nitrogen and oxygen atoms in total. The first kappa shape index (κ1) is 12.9. The minimum Gasteiger partial charge on any atom is -0.351 e. The zero-order chi connectivity index (χ0) is 14.1. The monoisotopic (exact) mass is 284 g/mol. The van der Waals surface area contributed by atoms with Gasteiger partial charge in [-0.05, 0) is 48.6 Å². The summed E-state index contributed by atoms with van der Waals surface area (Å²) in [5, 5.41) is 6.06. The zero-order valence-corrected chi connectivity index (χ0v) is 12.3. The molecule has 4 heteroatoms. The molecule has 2 heterocycles. The number of hydrogen-bond donors (Lipinski definition) is 2. The summed E-state index contributed by atoms with van der Waals surface area (Å²) < 4.78 is 0. The molecule has 0 atom stereocenters. The average Bonchev–Trinajstić information content (AvgIpc) is 3.04. The lowest BCUT2D eigenvalue weighted by Gasteiger charge is -2.00. The number of carbonyl (C=O) groups excluding carboxylic acids is 1. The van der Waals surface area contributed by atoms with E-state index >= 15 is 0 Å². The Morgan fingerprint density at radius 2 is 2.15 bits per heavy atom. The van der Waals surface area contributed by atoms with Crippen LogP contribution in [0.3, 0.4) is 0 Å².